The van der Waals surface area contributed by atoms with Gasteiger partial charge >= 0.3 is 0 Å². The van der Waals surface area contributed by atoms with E-state index >= 15 is 0 Å². The van der Waals surface area contributed by atoms with E-state index < -0.39 is 0 Å². The standard InChI is InChI=1S/C14H14N2O2S2/c1-15(2)11-3-7-13(8-4-11)19-20-14-9-5-12(6-10-14)16(17)18/h3-10H,1-2H3. The molecule has 0 bridgehead atoms. The lowest BCUT2D eigenvalue weighted by Crippen LogP contribution is -2.07. The summed E-state index contributed by atoms with van der Waals surface area (Å²) < 4.78 is 0. The summed E-state index contributed by atoms with van der Waals surface area (Å²) in [6, 6.07) is 14.9. The Balaban J connectivity index is 1.96. The van der Waals surface area contributed by atoms with Crippen LogP contribution in [-0.4, -0.2) is 19.0 Å². The van der Waals surface area contributed by atoms with Gasteiger partial charge in [0.15, 0.2) is 0 Å². The number of anilines is 1. The van der Waals surface area contributed by atoms with Gasteiger partial charge in [0.1, 0.15) is 0 Å². The molecule has 0 heterocycles. The monoisotopic (exact) mass is 306 g/mol. The highest BCUT2D eigenvalue weighted by Crippen LogP contribution is 2.38. The van der Waals surface area contributed by atoms with Crippen LogP contribution in [0, 0.1) is 10.1 Å². The van der Waals surface area contributed by atoms with Gasteiger partial charge in [-0.3, -0.25) is 10.1 Å². The Bertz CT molecular complexity index is 583. The number of nitro groups is 1. The molecule has 20 heavy (non-hydrogen) atoms. The fourth-order valence-electron chi connectivity index (χ4n) is 1.52. The second-order valence-corrected chi connectivity index (χ2v) is 6.58. The normalized spacial score (nSPS) is 10.3. The highest BCUT2D eigenvalue weighted by atomic mass is 33.1. The van der Waals surface area contributed by atoms with Crippen LogP contribution in [-0.2, 0) is 0 Å². The minimum absolute atomic E-state index is 0.120. The number of non-ortho nitro benzene ring substituents is 1. The number of nitrogens with zero attached hydrogens (tertiary/aromatic N) is 2. The van der Waals surface area contributed by atoms with Crippen molar-refractivity contribution in [2.75, 3.05) is 19.0 Å². The Labute approximate surface area is 125 Å². The molecule has 2 rings (SSSR count). The second-order valence-electron chi connectivity index (χ2n) is 4.31. The van der Waals surface area contributed by atoms with Gasteiger partial charge in [-0.25, -0.2) is 0 Å². The molecule has 2 aromatic rings. The van der Waals surface area contributed by atoms with Gasteiger partial charge in [-0.15, -0.1) is 0 Å². The quantitative estimate of drug-likeness (QED) is 0.463. The van der Waals surface area contributed by atoms with Crippen molar-refractivity contribution < 1.29 is 4.92 Å². The number of hydrogen-bond donors (Lipinski definition) is 0. The van der Waals surface area contributed by atoms with Gasteiger partial charge < -0.3 is 4.90 Å². The number of benzene rings is 2. The molecular formula is C14H14N2O2S2. The number of hydrogen-bond acceptors (Lipinski definition) is 5. The van der Waals surface area contributed by atoms with Crippen molar-refractivity contribution in [3.8, 4) is 0 Å². The molecule has 0 radical (unpaired) electrons. The first-order valence-corrected chi connectivity index (χ1v) is 8.07. The fraction of sp³-hybridized carbons (Fsp3) is 0.143. The Morgan fingerprint density at radius 1 is 0.900 bits per heavy atom. The van der Waals surface area contributed by atoms with Crippen LogP contribution in [0.25, 0.3) is 0 Å². The van der Waals surface area contributed by atoms with E-state index in [2.05, 4.69) is 29.2 Å². The Kier molecular flexibility index (Phi) is 4.92. The van der Waals surface area contributed by atoms with E-state index in [9.17, 15) is 10.1 Å². The molecule has 0 unspecified atom stereocenters. The van der Waals surface area contributed by atoms with E-state index in [0.29, 0.717) is 0 Å². The highest BCUT2D eigenvalue weighted by molar-refractivity contribution is 8.76. The Morgan fingerprint density at radius 2 is 1.35 bits per heavy atom. The Hall–Kier alpha value is -1.66. The molecule has 0 aliphatic carbocycles. The summed E-state index contributed by atoms with van der Waals surface area (Å²) in [7, 11) is 7.24. The first-order chi connectivity index (χ1) is 9.56. The van der Waals surface area contributed by atoms with Crippen molar-refractivity contribution in [1.29, 1.82) is 0 Å². The minimum Gasteiger partial charge on any atom is -0.378 e. The van der Waals surface area contributed by atoms with Gasteiger partial charge in [-0.2, -0.15) is 0 Å². The molecule has 6 heteroatoms. The van der Waals surface area contributed by atoms with Crippen molar-refractivity contribution in [2.45, 2.75) is 9.79 Å². The fourth-order valence-corrected chi connectivity index (χ4v) is 3.45. The predicted octanol–water partition coefficient (Wildman–Crippen LogP) is 4.46. The zero-order chi connectivity index (χ0) is 14.5. The third-order valence-electron chi connectivity index (χ3n) is 2.63. The second kappa shape index (κ2) is 6.67. The smallest absolute Gasteiger partial charge is 0.269 e. The lowest BCUT2D eigenvalue weighted by atomic mass is 10.3. The van der Waals surface area contributed by atoms with Gasteiger partial charge in [0.2, 0.25) is 0 Å². The molecule has 2 aromatic carbocycles. The molecule has 0 aliphatic heterocycles. The van der Waals surface area contributed by atoms with Crippen LogP contribution in [0.5, 0.6) is 0 Å². The average Bonchev–Trinajstić information content (AvgIpc) is 2.46. The van der Waals surface area contributed by atoms with Crippen molar-refractivity contribution in [2.24, 2.45) is 0 Å². The van der Waals surface area contributed by atoms with E-state index in [4.69, 9.17) is 0 Å². The van der Waals surface area contributed by atoms with Gasteiger partial charge in [-0.05, 0) is 36.4 Å². The molecule has 104 valence electrons. The highest BCUT2D eigenvalue weighted by Gasteiger charge is 2.05. The first kappa shape index (κ1) is 14.7. The molecule has 0 aliphatic rings. The molecule has 0 N–H and O–H groups in total. The van der Waals surface area contributed by atoms with Crippen LogP contribution < -0.4 is 4.90 Å². The molecule has 0 aromatic heterocycles. The van der Waals surface area contributed by atoms with Gasteiger partial charge in [-0.1, -0.05) is 21.6 Å². The third kappa shape index (κ3) is 3.91. The van der Waals surface area contributed by atoms with Crippen LogP contribution in [0.15, 0.2) is 58.3 Å². The summed E-state index contributed by atoms with van der Waals surface area (Å²) in [6.07, 6.45) is 0. The van der Waals surface area contributed by atoms with Gasteiger partial charge in [0, 0.05) is 41.7 Å². The van der Waals surface area contributed by atoms with E-state index in [1.807, 2.05) is 14.1 Å². The Morgan fingerprint density at radius 3 is 1.75 bits per heavy atom. The van der Waals surface area contributed by atoms with E-state index in [-0.39, 0.29) is 10.6 Å². The average molecular weight is 306 g/mol. The van der Waals surface area contributed by atoms with Crippen LogP contribution in [0.3, 0.4) is 0 Å². The molecule has 0 saturated carbocycles. The van der Waals surface area contributed by atoms with Crippen molar-refractivity contribution in [3.63, 3.8) is 0 Å². The summed E-state index contributed by atoms with van der Waals surface area (Å²) in [5.74, 6) is 0. The summed E-state index contributed by atoms with van der Waals surface area (Å²) in [5.41, 5.74) is 1.28. The SMILES string of the molecule is CN(C)c1ccc(SSc2ccc([N+](=O)[O-])cc2)cc1. The number of rotatable bonds is 5. The summed E-state index contributed by atoms with van der Waals surface area (Å²) in [4.78, 5) is 14.4. The predicted molar refractivity (Wildman–Crippen MR) is 85.6 cm³/mol. The lowest BCUT2D eigenvalue weighted by Gasteiger charge is -2.12. The number of nitro benzene ring substituents is 1. The van der Waals surface area contributed by atoms with Gasteiger partial charge in [0.05, 0.1) is 4.92 Å². The van der Waals surface area contributed by atoms with Crippen LogP contribution in [0.1, 0.15) is 0 Å². The molecular weight excluding hydrogens is 292 g/mol. The summed E-state index contributed by atoms with van der Waals surface area (Å²) in [6.45, 7) is 0. The maximum atomic E-state index is 10.6. The minimum atomic E-state index is -0.387. The van der Waals surface area contributed by atoms with E-state index in [1.54, 1.807) is 33.7 Å². The molecule has 4 nitrogen and oxygen atoms in total. The molecule has 0 amide bonds. The van der Waals surface area contributed by atoms with Crippen LogP contribution >= 0.6 is 21.6 Å². The zero-order valence-electron chi connectivity index (χ0n) is 11.1. The van der Waals surface area contributed by atoms with Crippen LogP contribution in [0.4, 0.5) is 11.4 Å². The zero-order valence-corrected chi connectivity index (χ0v) is 12.8. The third-order valence-corrected chi connectivity index (χ3v) is 5.05. The van der Waals surface area contributed by atoms with Crippen LogP contribution in [0.2, 0.25) is 0 Å². The van der Waals surface area contributed by atoms with Crippen molar-refractivity contribution >= 4 is 33.0 Å². The maximum absolute atomic E-state index is 10.6. The maximum Gasteiger partial charge on any atom is 0.269 e. The molecule has 0 spiro atoms. The van der Waals surface area contributed by atoms with Crippen molar-refractivity contribution in [1.82, 2.24) is 0 Å². The molecule has 0 saturated heterocycles. The van der Waals surface area contributed by atoms with E-state index in [0.717, 1.165) is 15.5 Å². The van der Waals surface area contributed by atoms with E-state index in [1.165, 1.54) is 12.1 Å². The lowest BCUT2D eigenvalue weighted by molar-refractivity contribution is -0.384. The largest absolute Gasteiger partial charge is 0.378 e. The molecule has 0 atom stereocenters. The van der Waals surface area contributed by atoms with Gasteiger partial charge in [0.25, 0.3) is 5.69 Å². The molecule has 0 fully saturated rings. The summed E-state index contributed by atoms with van der Waals surface area (Å²) >= 11 is 0. The van der Waals surface area contributed by atoms with Crippen molar-refractivity contribution in [3.05, 3.63) is 58.6 Å². The topological polar surface area (TPSA) is 46.4 Å². The first-order valence-electron chi connectivity index (χ1n) is 5.92. The summed E-state index contributed by atoms with van der Waals surface area (Å²) in [5, 5.41) is 10.6.